The number of thiocarbonyl (C=S) groups is 1. The number of rotatable bonds is 6. The normalized spacial score (nSPS) is 20.6. The first-order valence-corrected chi connectivity index (χ1v) is 12.8. The van der Waals surface area contributed by atoms with Crippen LogP contribution in [0.1, 0.15) is 36.8 Å². The fourth-order valence-electron chi connectivity index (χ4n) is 4.72. The van der Waals surface area contributed by atoms with E-state index in [2.05, 4.69) is 15.1 Å². The Kier molecular flexibility index (Phi) is 8.60. The van der Waals surface area contributed by atoms with E-state index in [9.17, 15) is 13.2 Å². The molecule has 0 radical (unpaired) electrons. The number of nitriles is 1. The van der Waals surface area contributed by atoms with E-state index in [4.69, 9.17) is 33.8 Å². The van der Waals surface area contributed by atoms with Crippen molar-refractivity contribution in [1.29, 1.82) is 5.26 Å². The van der Waals surface area contributed by atoms with E-state index >= 15 is 0 Å². The number of halogens is 4. The third-order valence-corrected chi connectivity index (χ3v) is 7.39. The molecular weight excluding hydrogens is 509 g/mol. The van der Waals surface area contributed by atoms with E-state index < -0.39 is 11.7 Å². The first-order chi connectivity index (χ1) is 17.2. The number of piperazine rings is 1. The SMILES string of the molecule is N#Cc1ccc(NC2CCC(OCC(=S)N3CCN(c4ccc(Cl)cc4)CC3)CC2)cc1C(F)(F)F. The van der Waals surface area contributed by atoms with Crippen molar-refractivity contribution < 1.29 is 17.9 Å². The zero-order chi connectivity index (χ0) is 25.7. The van der Waals surface area contributed by atoms with Gasteiger partial charge in [-0.3, -0.25) is 0 Å². The van der Waals surface area contributed by atoms with Crippen LogP contribution < -0.4 is 10.2 Å². The smallest absolute Gasteiger partial charge is 0.382 e. The van der Waals surface area contributed by atoms with Gasteiger partial charge in [-0.25, -0.2) is 0 Å². The number of anilines is 2. The van der Waals surface area contributed by atoms with E-state index in [1.807, 2.05) is 24.3 Å². The molecule has 1 aliphatic heterocycles. The molecule has 0 unspecified atom stereocenters. The zero-order valence-corrected chi connectivity index (χ0v) is 21.3. The van der Waals surface area contributed by atoms with Crippen LogP contribution >= 0.6 is 23.8 Å². The lowest BCUT2D eigenvalue weighted by Crippen LogP contribution is -2.49. The van der Waals surface area contributed by atoms with Gasteiger partial charge >= 0.3 is 6.18 Å². The summed E-state index contributed by atoms with van der Waals surface area (Å²) in [5.41, 5.74) is 0.258. The summed E-state index contributed by atoms with van der Waals surface area (Å²) in [5, 5.41) is 12.9. The number of hydrogen-bond acceptors (Lipinski definition) is 5. The lowest BCUT2D eigenvalue weighted by molar-refractivity contribution is -0.137. The summed E-state index contributed by atoms with van der Waals surface area (Å²) in [6.07, 6.45) is -1.27. The van der Waals surface area contributed by atoms with Crippen molar-refractivity contribution in [1.82, 2.24) is 4.90 Å². The number of alkyl halides is 3. The van der Waals surface area contributed by atoms with Gasteiger partial charge in [0.25, 0.3) is 0 Å². The molecule has 10 heteroatoms. The number of ether oxygens (including phenoxy) is 1. The summed E-state index contributed by atoms with van der Waals surface area (Å²) in [6.45, 7) is 3.84. The zero-order valence-electron chi connectivity index (χ0n) is 19.7. The van der Waals surface area contributed by atoms with Crippen molar-refractivity contribution in [2.24, 2.45) is 0 Å². The van der Waals surface area contributed by atoms with Crippen molar-refractivity contribution in [2.45, 2.75) is 44.0 Å². The van der Waals surface area contributed by atoms with Gasteiger partial charge in [-0.05, 0) is 68.1 Å². The Balaban J connectivity index is 1.19. The molecule has 4 rings (SSSR count). The highest BCUT2D eigenvalue weighted by atomic mass is 35.5. The van der Waals surface area contributed by atoms with Crippen LogP contribution in [0.3, 0.4) is 0 Å². The van der Waals surface area contributed by atoms with Crippen molar-refractivity contribution >= 4 is 40.2 Å². The lowest BCUT2D eigenvalue weighted by atomic mass is 9.92. The Morgan fingerprint density at radius 1 is 1.06 bits per heavy atom. The lowest BCUT2D eigenvalue weighted by Gasteiger charge is -2.38. The highest BCUT2D eigenvalue weighted by molar-refractivity contribution is 7.80. The van der Waals surface area contributed by atoms with Gasteiger partial charge in [-0.1, -0.05) is 23.8 Å². The summed E-state index contributed by atoms with van der Waals surface area (Å²) >= 11 is 11.6. The summed E-state index contributed by atoms with van der Waals surface area (Å²) in [6, 6.07) is 13.3. The van der Waals surface area contributed by atoms with Gasteiger partial charge in [-0.15, -0.1) is 0 Å². The van der Waals surface area contributed by atoms with Crippen LogP contribution in [0.5, 0.6) is 0 Å². The largest absolute Gasteiger partial charge is 0.417 e. The van der Waals surface area contributed by atoms with Crippen LogP contribution in [0.25, 0.3) is 0 Å². The van der Waals surface area contributed by atoms with E-state index in [0.29, 0.717) is 12.3 Å². The van der Waals surface area contributed by atoms with Crippen LogP contribution in [0.15, 0.2) is 42.5 Å². The molecule has 1 saturated heterocycles. The number of nitrogens with zero attached hydrogens (tertiary/aromatic N) is 3. The Hall–Kier alpha value is -2.54. The first-order valence-electron chi connectivity index (χ1n) is 12.0. The predicted molar refractivity (Wildman–Crippen MR) is 140 cm³/mol. The van der Waals surface area contributed by atoms with Crippen LogP contribution in [0, 0.1) is 11.3 Å². The fourth-order valence-corrected chi connectivity index (χ4v) is 5.10. The van der Waals surface area contributed by atoms with Crippen LogP contribution in [-0.4, -0.2) is 54.8 Å². The van der Waals surface area contributed by atoms with Gasteiger partial charge < -0.3 is 19.9 Å². The first kappa shape index (κ1) is 26.5. The highest BCUT2D eigenvalue weighted by Gasteiger charge is 2.34. The van der Waals surface area contributed by atoms with Gasteiger partial charge in [0.05, 0.1) is 29.9 Å². The van der Waals surface area contributed by atoms with E-state index in [-0.39, 0.29) is 17.7 Å². The molecule has 2 aromatic carbocycles. The molecule has 1 saturated carbocycles. The molecule has 1 N–H and O–H groups in total. The quantitative estimate of drug-likeness (QED) is 0.449. The van der Waals surface area contributed by atoms with Crippen molar-refractivity contribution in [3.05, 3.63) is 58.6 Å². The van der Waals surface area contributed by atoms with Crippen molar-refractivity contribution in [3.8, 4) is 6.07 Å². The summed E-state index contributed by atoms with van der Waals surface area (Å²) in [4.78, 5) is 5.32. The minimum Gasteiger partial charge on any atom is -0.382 e. The summed E-state index contributed by atoms with van der Waals surface area (Å²) < 4.78 is 45.8. The molecule has 0 spiro atoms. The minimum atomic E-state index is -4.56. The number of hydrogen-bond donors (Lipinski definition) is 1. The van der Waals surface area contributed by atoms with Gasteiger partial charge in [0.2, 0.25) is 0 Å². The van der Waals surface area contributed by atoms with Crippen molar-refractivity contribution in [3.63, 3.8) is 0 Å². The second kappa shape index (κ2) is 11.7. The molecule has 1 heterocycles. The van der Waals surface area contributed by atoms with Crippen LogP contribution in [0.4, 0.5) is 24.5 Å². The molecule has 0 aromatic heterocycles. The maximum absolute atomic E-state index is 13.2. The molecule has 0 bridgehead atoms. The molecule has 0 atom stereocenters. The fraction of sp³-hybridized carbons (Fsp3) is 0.462. The Morgan fingerprint density at radius 3 is 2.33 bits per heavy atom. The molecule has 36 heavy (non-hydrogen) atoms. The Labute approximate surface area is 219 Å². The van der Waals surface area contributed by atoms with Gasteiger partial charge in [0.1, 0.15) is 4.99 Å². The highest BCUT2D eigenvalue weighted by Crippen LogP contribution is 2.34. The molecule has 1 aliphatic carbocycles. The van der Waals surface area contributed by atoms with E-state index in [1.54, 1.807) is 6.07 Å². The predicted octanol–water partition coefficient (Wildman–Crippen LogP) is 6.12. The molecule has 2 aromatic rings. The third kappa shape index (κ3) is 6.81. The van der Waals surface area contributed by atoms with Crippen LogP contribution in [0.2, 0.25) is 5.02 Å². The average molecular weight is 537 g/mol. The Bertz CT molecular complexity index is 1090. The summed E-state index contributed by atoms with van der Waals surface area (Å²) in [5.74, 6) is 0. The number of benzene rings is 2. The van der Waals surface area contributed by atoms with Gasteiger partial charge in [0, 0.05) is 48.6 Å². The molecule has 192 valence electrons. The topological polar surface area (TPSA) is 51.5 Å². The average Bonchev–Trinajstić information content (AvgIpc) is 2.88. The van der Waals surface area contributed by atoms with Gasteiger partial charge in [-0.2, -0.15) is 18.4 Å². The third-order valence-electron chi connectivity index (χ3n) is 6.76. The maximum Gasteiger partial charge on any atom is 0.417 e. The van der Waals surface area contributed by atoms with E-state index in [0.717, 1.165) is 73.6 Å². The Morgan fingerprint density at radius 2 is 1.72 bits per heavy atom. The van der Waals surface area contributed by atoms with Crippen LogP contribution in [-0.2, 0) is 10.9 Å². The monoisotopic (exact) mass is 536 g/mol. The standard InChI is InChI=1S/C26H28ClF3N4OS/c27-19-2-7-22(8-3-19)33-11-13-34(14-12-33)25(36)17-35-23-9-5-20(6-10-23)32-21-4-1-18(16-31)24(15-21)26(28,29)30/h1-4,7-8,15,20,23,32H,5-6,9-14,17H2. The van der Waals surface area contributed by atoms with E-state index in [1.165, 1.54) is 12.1 Å². The summed E-state index contributed by atoms with van der Waals surface area (Å²) in [7, 11) is 0. The second-order valence-electron chi connectivity index (χ2n) is 9.14. The van der Waals surface area contributed by atoms with Crippen molar-refractivity contribution in [2.75, 3.05) is 43.0 Å². The molecule has 2 fully saturated rings. The minimum absolute atomic E-state index is 0.0618. The molecule has 5 nitrogen and oxygen atoms in total. The molecule has 0 amide bonds. The van der Waals surface area contributed by atoms with Gasteiger partial charge in [0.15, 0.2) is 0 Å². The molecular formula is C26H28ClF3N4OS. The number of nitrogens with one attached hydrogen (secondary N) is 1. The second-order valence-corrected chi connectivity index (χ2v) is 10.1. The maximum atomic E-state index is 13.2. The molecule has 2 aliphatic rings.